The van der Waals surface area contributed by atoms with Crippen molar-refractivity contribution < 1.29 is 17.9 Å². The van der Waals surface area contributed by atoms with Gasteiger partial charge in [0.2, 0.25) is 21.1 Å². The Bertz CT molecular complexity index is 926. The lowest BCUT2D eigenvalue weighted by molar-refractivity contribution is -0.113. The van der Waals surface area contributed by atoms with Crippen molar-refractivity contribution in [2.45, 2.75) is 44.2 Å². The molecule has 0 atom stereocenters. The molecule has 1 aromatic carbocycles. The Balaban J connectivity index is 2.17. The van der Waals surface area contributed by atoms with Crippen molar-refractivity contribution in [1.29, 1.82) is 0 Å². The third-order valence-corrected chi connectivity index (χ3v) is 6.95. The normalized spacial score (nSPS) is 11.6. The van der Waals surface area contributed by atoms with E-state index in [0.717, 1.165) is 12.2 Å². The van der Waals surface area contributed by atoms with Crippen LogP contribution in [0.15, 0.2) is 28.3 Å². The minimum Gasteiger partial charge on any atom is -0.492 e. The maximum atomic E-state index is 13.0. The number of amides is 1. The Kier molecular flexibility index (Phi) is 8.47. The molecule has 1 amide bonds. The molecule has 160 valence electrons. The number of hydrogen-bond donors (Lipinski definition) is 2. The van der Waals surface area contributed by atoms with Gasteiger partial charge in [-0.15, -0.1) is 5.10 Å². The van der Waals surface area contributed by atoms with E-state index in [2.05, 4.69) is 20.5 Å². The van der Waals surface area contributed by atoms with E-state index in [9.17, 15) is 13.2 Å². The molecule has 0 saturated heterocycles. The largest absolute Gasteiger partial charge is 0.492 e. The fourth-order valence-corrected chi connectivity index (χ4v) is 4.82. The number of sulfonamides is 1. The summed E-state index contributed by atoms with van der Waals surface area (Å²) in [5.74, 6) is 0.838. The van der Waals surface area contributed by atoms with Crippen LogP contribution in [0.4, 0.5) is 5.69 Å². The standard InChI is InChI=1S/C18H27N5O4S2/c1-5-16-20-18(22-21-16)28-12-17(24)19-13-9-10-14(27-8-4)15(11-13)29(25,26)23(6-2)7-3/h9-11H,5-8,12H2,1-4H3,(H,19,24)(H,20,21,22). The van der Waals surface area contributed by atoms with E-state index in [1.54, 1.807) is 32.9 Å². The number of anilines is 1. The van der Waals surface area contributed by atoms with Crippen molar-refractivity contribution in [2.75, 3.05) is 30.8 Å². The predicted octanol–water partition coefficient (Wildman–Crippen LogP) is 2.53. The molecule has 1 heterocycles. The van der Waals surface area contributed by atoms with E-state index in [0.29, 0.717) is 30.5 Å². The summed E-state index contributed by atoms with van der Waals surface area (Å²) in [6.45, 7) is 8.31. The van der Waals surface area contributed by atoms with Crippen LogP contribution in [-0.4, -0.2) is 59.3 Å². The van der Waals surface area contributed by atoms with Crippen LogP contribution < -0.4 is 10.1 Å². The van der Waals surface area contributed by atoms with Gasteiger partial charge < -0.3 is 10.1 Å². The number of benzene rings is 1. The average molecular weight is 442 g/mol. The van der Waals surface area contributed by atoms with Crippen LogP contribution in [0.5, 0.6) is 5.75 Å². The number of hydrogen-bond acceptors (Lipinski definition) is 7. The van der Waals surface area contributed by atoms with Crippen molar-refractivity contribution in [3.05, 3.63) is 24.0 Å². The number of ether oxygens (including phenoxy) is 1. The Morgan fingerprint density at radius 1 is 1.24 bits per heavy atom. The fourth-order valence-electron chi connectivity index (χ4n) is 2.59. The first kappa shape index (κ1) is 23.2. The summed E-state index contributed by atoms with van der Waals surface area (Å²) in [7, 11) is -3.74. The molecule has 0 unspecified atom stereocenters. The highest BCUT2D eigenvalue weighted by molar-refractivity contribution is 7.99. The summed E-state index contributed by atoms with van der Waals surface area (Å²) in [6.07, 6.45) is 0.732. The van der Waals surface area contributed by atoms with Crippen molar-refractivity contribution >= 4 is 33.4 Å². The zero-order chi connectivity index (χ0) is 21.4. The van der Waals surface area contributed by atoms with Crippen LogP contribution in [0, 0.1) is 0 Å². The minimum atomic E-state index is -3.74. The lowest BCUT2D eigenvalue weighted by Gasteiger charge is -2.21. The highest BCUT2D eigenvalue weighted by Crippen LogP contribution is 2.30. The summed E-state index contributed by atoms with van der Waals surface area (Å²) < 4.78 is 32.8. The zero-order valence-corrected chi connectivity index (χ0v) is 18.7. The first-order valence-electron chi connectivity index (χ1n) is 9.46. The van der Waals surface area contributed by atoms with Gasteiger partial charge in [-0.25, -0.2) is 13.4 Å². The summed E-state index contributed by atoms with van der Waals surface area (Å²) in [5.41, 5.74) is 0.383. The van der Waals surface area contributed by atoms with E-state index in [1.807, 2.05) is 6.92 Å². The Labute approximate surface area is 175 Å². The van der Waals surface area contributed by atoms with E-state index in [1.165, 1.54) is 22.1 Å². The Hall–Kier alpha value is -2.11. The van der Waals surface area contributed by atoms with Crippen LogP contribution in [0.3, 0.4) is 0 Å². The lowest BCUT2D eigenvalue weighted by Crippen LogP contribution is -2.31. The molecule has 29 heavy (non-hydrogen) atoms. The molecule has 11 heteroatoms. The molecule has 0 spiro atoms. The number of rotatable bonds is 11. The van der Waals surface area contributed by atoms with Crippen molar-refractivity contribution in [2.24, 2.45) is 0 Å². The highest BCUT2D eigenvalue weighted by atomic mass is 32.2. The topological polar surface area (TPSA) is 117 Å². The van der Waals surface area contributed by atoms with Gasteiger partial charge in [0, 0.05) is 25.2 Å². The fraction of sp³-hybridized carbons (Fsp3) is 0.500. The first-order chi connectivity index (χ1) is 13.8. The maximum absolute atomic E-state index is 13.0. The molecule has 0 bridgehead atoms. The number of aryl methyl sites for hydroxylation is 1. The van der Waals surface area contributed by atoms with E-state index < -0.39 is 10.0 Å². The second-order valence-corrected chi connectivity index (χ2v) is 8.79. The molecule has 9 nitrogen and oxygen atoms in total. The average Bonchev–Trinajstić information content (AvgIpc) is 3.16. The van der Waals surface area contributed by atoms with E-state index in [4.69, 9.17) is 4.74 Å². The van der Waals surface area contributed by atoms with Crippen LogP contribution in [0.2, 0.25) is 0 Å². The quantitative estimate of drug-likeness (QED) is 0.515. The first-order valence-corrected chi connectivity index (χ1v) is 11.9. The predicted molar refractivity (Wildman–Crippen MR) is 113 cm³/mol. The third-order valence-electron chi connectivity index (χ3n) is 4.03. The van der Waals surface area contributed by atoms with Gasteiger partial charge in [-0.2, -0.15) is 4.31 Å². The highest BCUT2D eigenvalue weighted by Gasteiger charge is 2.26. The second kappa shape index (κ2) is 10.6. The number of H-pyrrole nitrogens is 1. The monoisotopic (exact) mass is 441 g/mol. The number of aromatic amines is 1. The number of thioether (sulfide) groups is 1. The van der Waals surface area contributed by atoms with Crippen molar-refractivity contribution in [3.8, 4) is 5.75 Å². The number of nitrogens with one attached hydrogen (secondary N) is 2. The minimum absolute atomic E-state index is 0.0371. The molecular formula is C18H27N5O4S2. The van der Waals surface area contributed by atoms with Crippen molar-refractivity contribution in [3.63, 3.8) is 0 Å². The third kappa shape index (κ3) is 5.94. The molecule has 2 N–H and O–H groups in total. The zero-order valence-electron chi connectivity index (χ0n) is 17.1. The molecule has 0 aliphatic rings. The second-order valence-electron chi connectivity index (χ2n) is 5.94. The van der Waals surface area contributed by atoms with Gasteiger partial charge in [0.15, 0.2) is 0 Å². The molecule has 1 aromatic heterocycles. The molecule has 2 rings (SSSR count). The Morgan fingerprint density at radius 3 is 2.55 bits per heavy atom. The van der Waals surface area contributed by atoms with Gasteiger partial charge >= 0.3 is 0 Å². The smallest absolute Gasteiger partial charge is 0.246 e. The van der Waals surface area contributed by atoms with E-state index in [-0.39, 0.29) is 22.3 Å². The van der Waals surface area contributed by atoms with Crippen LogP contribution in [0.1, 0.15) is 33.5 Å². The molecule has 0 fully saturated rings. The summed E-state index contributed by atoms with van der Waals surface area (Å²) >= 11 is 1.20. The molecule has 0 aliphatic carbocycles. The number of nitrogens with zero attached hydrogens (tertiary/aromatic N) is 3. The number of carbonyl (C=O) groups is 1. The molecule has 0 radical (unpaired) electrons. The molecule has 2 aromatic rings. The van der Waals surface area contributed by atoms with Crippen LogP contribution >= 0.6 is 11.8 Å². The van der Waals surface area contributed by atoms with Gasteiger partial charge in [0.25, 0.3) is 0 Å². The van der Waals surface area contributed by atoms with Crippen LogP contribution in [-0.2, 0) is 21.2 Å². The Morgan fingerprint density at radius 2 is 1.97 bits per heavy atom. The summed E-state index contributed by atoms with van der Waals surface area (Å²) in [6, 6.07) is 4.62. The van der Waals surface area contributed by atoms with Gasteiger partial charge in [-0.05, 0) is 25.1 Å². The summed E-state index contributed by atoms with van der Waals surface area (Å²) in [5, 5.41) is 10.0. The molecular weight excluding hydrogens is 414 g/mol. The van der Waals surface area contributed by atoms with Gasteiger partial charge in [0.1, 0.15) is 16.5 Å². The molecule has 0 aliphatic heterocycles. The van der Waals surface area contributed by atoms with E-state index >= 15 is 0 Å². The summed E-state index contributed by atoms with van der Waals surface area (Å²) in [4.78, 5) is 16.6. The number of aromatic nitrogens is 3. The number of carbonyl (C=O) groups excluding carboxylic acids is 1. The van der Waals surface area contributed by atoms with Gasteiger partial charge in [0.05, 0.1) is 12.4 Å². The lowest BCUT2D eigenvalue weighted by atomic mass is 10.3. The van der Waals surface area contributed by atoms with Gasteiger partial charge in [-0.1, -0.05) is 32.5 Å². The molecule has 0 saturated carbocycles. The van der Waals surface area contributed by atoms with Gasteiger partial charge in [-0.3, -0.25) is 9.89 Å². The van der Waals surface area contributed by atoms with Crippen molar-refractivity contribution in [1.82, 2.24) is 19.5 Å². The van der Waals surface area contributed by atoms with Crippen LogP contribution in [0.25, 0.3) is 0 Å². The SMILES string of the molecule is CCOc1ccc(NC(=O)CSc2n[nH]c(CC)n2)cc1S(=O)(=O)N(CC)CC. The maximum Gasteiger partial charge on any atom is 0.246 e.